The van der Waals surface area contributed by atoms with E-state index >= 15 is 0 Å². The van der Waals surface area contributed by atoms with Crippen molar-refractivity contribution in [1.29, 1.82) is 0 Å². The van der Waals surface area contributed by atoms with Gasteiger partial charge in [-0.1, -0.05) is 26.0 Å². The van der Waals surface area contributed by atoms with Crippen LogP contribution in [-0.2, 0) is 9.59 Å². The highest BCUT2D eigenvalue weighted by Gasteiger charge is 2.22. The summed E-state index contributed by atoms with van der Waals surface area (Å²) in [6.45, 7) is 4.70. The third-order valence-electron chi connectivity index (χ3n) is 2.58. The topological polar surface area (TPSA) is 84.2 Å². The molecule has 4 N–H and O–H groups in total. The Bertz CT molecular complexity index is 313. The summed E-state index contributed by atoms with van der Waals surface area (Å²) in [4.78, 5) is 23.0. The zero-order valence-corrected chi connectivity index (χ0v) is 10.4. The molecule has 17 heavy (non-hydrogen) atoms. The Morgan fingerprint density at radius 2 is 2.06 bits per heavy atom. The molecule has 0 bridgehead atoms. The smallest absolute Gasteiger partial charge is 0.239 e. The van der Waals surface area contributed by atoms with Crippen LogP contribution < -0.4 is 16.4 Å². The first-order chi connectivity index (χ1) is 7.99. The number of carbonyl (C=O) groups is 2. The molecule has 2 atom stereocenters. The maximum Gasteiger partial charge on any atom is 0.239 e. The summed E-state index contributed by atoms with van der Waals surface area (Å²) < 4.78 is 0. The number of nitrogens with one attached hydrogen (secondary N) is 2. The molecule has 0 aromatic carbocycles. The first kappa shape index (κ1) is 13.7. The molecule has 2 unspecified atom stereocenters. The van der Waals surface area contributed by atoms with E-state index in [1.807, 2.05) is 19.9 Å². The Morgan fingerprint density at radius 3 is 2.59 bits per heavy atom. The van der Waals surface area contributed by atoms with E-state index in [4.69, 9.17) is 5.73 Å². The van der Waals surface area contributed by atoms with Crippen molar-refractivity contribution in [1.82, 2.24) is 10.6 Å². The van der Waals surface area contributed by atoms with Crippen molar-refractivity contribution in [3.63, 3.8) is 0 Å². The number of hydrogen-bond acceptors (Lipinski definition) is 3. The Morgan fingerprint density at radius 1 is 1.35 bits per heavy atom. The van der Waals surface area contributed by atoms with Crippen molar-refractivity contribution in [2.45, 2.75) is 26.3 Å². The van der Waals surface area contributed by atoms with Crippen LogP contribution >= 0.6 is 0 Å². The van der Waals surface area contributed by atoms with Crippen LogP contribution in [0.5, 0.6) is 0 Å². The normalized spacial score (nSPS) is 22.8. The molecule has 5 nitrogen and oxygen atoms in total. The van der Waals surface area contributed by atoms with Crippen molar-refractivity contribution >= 4 is 11.8 Å². The zero-order valence-electron chi connectivity index (χ0n) is 10.4. The second kappa shape index (κ2) is 6.39. The highest BCUT2D eigenvalue weighted by atomic mass is 16.2. The fourth-order valence-corrected chi connectivity index (χ4v) is 1.60. The molecule has 2 amide bonds. The van der Waals surface area contributed by atoms with Crippen LogP contribution in [0.25, 0.3) is 0 Å². The fourth-order valence-electron chi connectivity index (χ4n) is 1.60. The molecular formula is C12H21N3O2. The molecule has 1 aliphatic carbocycles. The minimum Gasteiger partial charge on any atom is -0.354 e. The second-order valence-corrected chi connectivity index (χ2v) is 4.81. The second-order valence-electron chi connectivity index (χ2n) is 4.81. The summed E-state index contributed by atoms with van der Waals surface area (Å²) in [6.07, 6.45) is 4.24. The van der Waals surface area contributed by atoms with Crippen LogP contribution in [0.1, 0.15) is 20.3 Å². The SMILES string of the molecule is CC(C)CNC(=O)CNC(=O)C1C=CC(N)C1. The van der Waals surface area contributed by atoms with Gasteiger partial charge < -0.3 is 16.4 Å². The first-order valence-electron chi connectivity index (χ1n) is 5.97. The number of carbonyl (C=O) groups excluding carboxylic acids is 2. The van der Waals surface area contributed by atoms with Gasteiger partial charge in [0.2, 0.25) is 11.8 Å². The van der Waals surface area contributed by atoms with Gasteiger partial charge in [-0.25, -0.2) is 0 Å². The van der Waals surface area contributed by atoms with Crippen molar-refractivity contribution < 1.29 is 9.59 Å². The van der Waals surface area contributed by atoms with Crippen LogP contribution in [0, 0.1) is 11.8 Å². The summed E-state index contributed by atoms with van der Waals surface area (Å²) in [7, 11) is 0. The van der Waals surface area contributed by atoms with Gasteiger partial charge >= 0.3 is 0 Å². The molecule has 0 aromatic heterocycles. The van der Waals surface area contributed by atoms with Crippen LogP contribution in [0.2, 0.25) is 0 Å². The van der Waals surface area contributed by atoms with E-state index in [9.17, 15) is 9.59 Å². The first-order valence-corrected chi connectivity index (χ1v) is 5.97. The molecule has 1 rings (SSSR count). The Balaban J connectivity index is 2.20. The maximum atomic E-state index is 11.6. The van der Waals surface area contributed by atoms with Gasteiger partial charge in [0.25, 0.3) is 0 Å². The monoisotopic (exact) mass is 239 g/mol. The molecule has 0 aliphatic heterocycles. The highest BCUT2D eigenvalue weighted by Crippen LogP contribution is 2.15. The standard InChI is InChI=1S/C12H21N3O2/c1-8(2)6-14-11(16)7-15-12(17)9-3-4-10(13)5-9/h3-4,8-10H,5-7,13H2,1-2H3,(H,14,16)(H,15,17). The molecule has 0 fully saturated rings. The zero-order chi connectivity index (χ0) is 12.8. The summed E-state index contributed by atoms with van der Waals surface area (Å²) >= 11 is 0. The van der Waals surface area contributed by atoms with Gasteiger partial charge in [-0.2, -0.15) is 0 Å². The molecule has 0 heterocycles. The van der Waals surface area contributed by atoms with E-state index in [1.165, 1.54) is 0 Å². The van der Waals surface area contributed by atoms with E-state index in [1.54, 1.807) is 6.08 Å². The summed E-state index contributed by atoms with van der Waals surface area (Å²) in [5.41, 5.74) is 5.65. The molecule has 0 saturated carbocycles. The van der Waals surface area contributed by atoms with E-state index in [-0.39, 0.29) is 30.3 Å². The third-order valence-corrected chi connectivity index (χ3v) is 2.58. The van der Waals surface area contributed by atoms with Crippen LogP contribution in [0.15, 0.2) is 12.2 Å². The van der Waals surface area contributed by atoms with Crippen molar-refractivity contribution in [2.24, 2.45) is 17.6 Å². The van der Waals surface area contributed by atoms with Gasteiger partial charge in [0.05, 0.1) is 12.5 Å². The van der Waals surface area contributed by atoms with Crippen LogP contribution in [0.3, 0.4) is 0 Å². The molecule has 1 aliphatic rings. The van der Waals surface area contributed by atoms with E-state index in [0.29, 0.717) is 18.9 Å². The Kier molecular flexibility index (Phi) is 5.15. The average Bonchev–Trinajstić information content (AvgIpc) is 2.70. The lowest BCUT2D eigenvalue weighted by atomic mass is 10.1. The van der Waals surface area contributed by atoms with Crippen LogP contribution in [-0.4, -0.2) is 30.9 Å². The minimum absolute atomic E-state index is 0.0329. The van der Waals surface area contributed by atoms with Gasteiger partial charge in [0, 0.05) is 12.6 Å². The summed E-state index contributed by atoms with van der Waals surface area (Å²) in [6, 6.07) is -0.0412. The number of nitrogens with two attached hydrogens (primary N) is 1. The lowest BCUT2D eigenvalue weighted by Crippen LogP contribution is -2.40. The Hall–Kier alpha value is -1.36. The average molecular weight is 239 g/mol. The molecule has 0 saturated heterocycles. The van der Waals surface area contributed by atoms with E-state index in [2.05, 4.69) is 10.6 Å². The number of amides is 2. The van der Waals surface area contributed by atoms with Gasteiger partial charge in [-0.3, -0.25) is 9.59 Å². The number of hydrogen-bond donors (Lipinski definition) is 3. The molecular weight excluding hydrogens is 218 g/mol. The quantitative estimate of drug-likeness (QED) is 0.580. The lowest BCUT2D eigenvalue weighted by molar-refractivity contribution is -0.127. The van der Waals surface area contributed by atoms with E-state index < -0.39 is 0 Å². The third kappa shape index (κ3) is 4.99. The highest BCUT2D eigenvalue weighted by molar-refractivity contribution is 5.86. The van der Waals surface area contributed by atoms with E-state index in [0.717, 1.165) is 0 Å². The van der Waals surface area contributed by atoms with Crippen molar-refractivity contribution in [2.75, 3.05) is 13.1 Å². The van der Waals surface area contributed by atoms with Gasteiger partial charge in [0.15, 0.2) is 0 Å². The Labute approximate surface area is 102 Å². The van der Waals surface area contributed by atoms with Gasteiger partial charge in [-0.15, -0.1) is 0 Å². The molecule has 0 aromatic rings. The summed E-state index contributed by atoms with van der Waals surface area (Å²) in [5, 5.41) is 5.35. The predicted molar refractivity (Wildman–Crippen MR) is 66.1 cm³/mol. The molecule has 5 heteroatoms. The maximum absolute atomic E-state index is 11.6. The van der Waals surface area contributed by atoms with Gasteiger partial charge in [0.1, 0.15) is 0 Å². The number of rotatable bonds is 5. The molecule has 96 valence electrons. The van der Waals surface area contributed by atoms with Crippen LogP contribution in [0.4, 0.5) is 0 Å². The molecule has 0 spiro atoms. The minimum atomic E-state index is -0.192. The lowest BCUT2D eigenvalue weighted by Gasteiger charge is -2.11. The van der Waals surface area contributed by atoms with Crippen molar-refractivity contribution in [3.8, 4) is 0 Å². The van der Waals surface area contributed by atoms with Crippen molar-refractivity contribution in [3.05, 3.63) is 12.2 Å². The summed E-state index contributed by atoms with van der Waals surface area (Å²) in [5.74, 6) is -0.0689. The fraction of sp³-hybridized carbons (Fsp3) is 0.667. The van der Waals surface area contributed by atoms with Gasteiger partial charge in [-0.05, 0) is 12.3 Å². The predicted octanol–water partition coefficient (Wildman–Crippen LogP) is -0.222. The largest absolute Gasteiger partial charge is 0.354 e. The molecule has 0 radical (unpaired) electrons.